The fourth-order valence-electron chi connectivity index (χ4n) is 1.37. The van der Waals surface area contributed by atoms with Gasteiger partial charge in [0.25, 0.3) is 0 Å². The summed E-state index contributed by atoms with van der Waals surface area (Å²) in [6.07, 6.45) is 12.1. The fourth-order valence-corrected chi connectivity index (χ4v) is 1.78. The van der Waals surface area contributed by atoms with Crippen molar-refractivity contribution in [1.82, 2.24) is 19.7 Å². The number of rotatable bonds is 3. The third-order valence-electron chi connectivity index (χ3n) is 2.04. The van der Waals surface area contributed by atoms with Gasteiger partial charge in [0.15, 0.2) is 0 Å². The molecule has 0 saturated carbocycles. The largest absolute Gasteiger partial charge is 0.261 e. The molecule has 0 saturated heterocycles. The van der Waals surface area contributed by atoms with Crippen molar-refractivity contribution >= 4 is 15.9 Å². The van der Waals surface area contributed by atoms with Gasteiger partial charge in [-0.15, -0.1) is 6.42 Å². The lowest BCUT2D eigenvalue weighted by Crippen LogP contribution is -1.96. The van der Waals surface area contributed by atoms with Crippen LogP contribution >= 0.6 is 15.9 Å². The van der Waals surface area contributed by atoms with Crippen LogP contribution in [0.5, 0.6) is 0 Å². The predicted molar refractivity (Wildman–Crippen MR) is 64.7 cm³/mol. The highest BCUT2D eigenvalue weighted by Crippen LogP contribution is 2.21. The molecule has 4 nitrogen and oxygen atoms in total. The molecule has 0 aromatic carbocycles. The van der Waals surface area contributed by atoms with Crippen LogP contribution in [0.4, 0.5) is 0 Å². The van der Waals surface area contributed by atoms with E-state index in [1.54, 1.807) is 23.3 Å². The quantitative estimate of drug-likeness (QED) is 0.635. The second kappa shape index (κ2) is 4.90. The van der Waals surface area contributed by atoms with Crippen LogP contribution in [0, 0.1) is 12.3 Å². The molecule has 0 unspecified atom stereocenters. The van der Waals surface area contributed by atoms with Crippen molar-refractivity contribution in [2.45, 2.75) is 11.9 Å². The highest BCUT2D eigenvalue weighted by molar-refractivity contribution is 9.08. The molecule has 16 heavy (non-hydrogen) atoms. The molecule has 2 heterocycles. The van der Waals surface area contributed by atoms with Gasteiger partial charge in [-0.2, -0.15) is 5.10 Å². The van der Waals surface area contributed by atoms with Crippen LogP contribution in [0.25, 0.3) is 11.4 Å². The number of alkyl halides is 1. The molecule has 0 amide bonds. The smallest absolute Gasteiger partial charge is 0.116 e. The van der Waals surface area contributed by atoms with E-state index >= 15 is 0 Å². The van der Waals surface area contributed by atoms with Gasteiger partial charge in [0, 0.05) is 29.5 Å². The Hall–Kier alpha value is -1.67. The average molecular weight is 277 g/mol. The van der Waals surface area contributed by atoms with E-state index in [2.05, 4.69) is 36.9 Å². The van der Waals surface area contributed by atoms with Crippen molar-refractivity contribution in [3.63, 3.8) is 0 Å². The minimum Gasteiger partial charge on any atom is -0.261 e. The summed E-state index contributed by atoms with van der Waals surface area (Å²) in [5, 5.41) is 5.09. The molecule has 0 aliphatic rings. The van der Waals surface area contributed by atoms with Gasteiger partial charge in [-0.05, 0) is 0 Å². The van der Waals surface area contributed by atoms with E-state index in [1.807, 2.05) is 6.20 Å². The maximum atomic E-state index is 5.25. The van der Waals surface area contributed by atoms with Crippen LogP contribution < -0.4 is 0 Å². The first-order valence-electron chi connectivity index (χ1n) is 4.67. The minimum atomic E-state index is 0.459. The molecule has 0 N–H and O–H groups in total. The predicted octanol–water partition coefficient (Wildman–Crippen LogP) is 1.87. The molecule has 0 radical (unpaired) electrons. The zero-order chi connectivity index (χ0) is 11.4. The van der Waals surface area contributed by atoms with E-state index in [1.165, 1.54) is 0 Å². The van der Waals surface area contributed by atoms with Crippen LogP contribution in [0.1, 0.15) is 5.56 Å². The Morgan fingerprint density at radius 1 is 1.44 bits per heavy atom. The van der Waals surface area contributed by atoms with Gasteiger partial charge in [-0.25, -0.2) is 0 Å². The molecule has 0 atom stereocenters. The van der Waals surface area contributed by atoms with Gasteiger partial charge in [0.1, 0.15) is 17.9 Å². The normalized spacial score (nSPS) is 10.0. The number of aromatic nitrogens is 4. The average Bonchev–Trinajstić information content (AvgIpc) is 2.74. The monoisotopic (exact) mass is 276 g/mol. The Morgan fingerprint density at radius 3 is 2.94 bits per heavy atom. The zero-order valence-corrected chi connectivity index (χ0v) is 10.1. The summed E-state index contributed by atoms with van der Waals surface area (Å²) in [4.78, 5) is 8.24. The topological polar surface area (TPSA) is 43.6 Å². The Balaban J connectivity index is 2.44. The summed E-state index contributed by atoms with van der Waals surface area (Å²) in [6.45, 7) is 0.459. The van der Waals surface area contributed by atoms with Gasteiger partial charge in [-0.1, -0.05) is 21.9 Å². The fraction of sp³-hybridized carbons (Fsp3) is 0.182. The zero-order valence-electron chi connectivity index (χ0n) is 8.47. The van der Waals surface area contributed by atoms with Crippen molar-refractivity contribution in [2.24, 2.45) is 0 Å². The van der Waals surface area contributed by atoms with E-state index < -0.39 is 0 Å². The lowest BCUT2D eigenvalue weighted by atomic mass is 10.2. The van der Waals surface area contributed by atoms with E-state index in [9.17, 15) is 0 Å². The third-order valence-corrected chi connectivity index (χ3v) is 2.64. The first-order chi connectivity index (χ1) is 7.85. The summed E-state index contributed by atoms with van der Waals surface area (Å²) in [5.41, 5.74) is 2.63. The van der Waals surface area contributed by atoms with Crippen molar-refractivity contribution in [3.8, 4) is 23.7 Å². The summed E-state index contributed by atoms with van der Waals surface area (Å²) < 4.78 is 1.72. The van der Waals surface area contributed by atoms with Gasteiger partial charge in [0.2, 0.25) is 0 Å². The van der Waals surface area contributed by atoms with Gasteiger partial charge in [-0.3, -0.25) is 14.6 Å². The Labute approximate surface area is 102 Å². The lowest BCUT2D eigenvalue weighted by molar-refractivity contribution is 0.717. The lowest BCUT2D eigenvalue weighted by Gasteiger charge is -1.96. The molecule has 0 bridgehead atoms. The van der Waals surface area contributed by atoms with E-state index in [-0.39, 0.29) is 0 Å². The summed E-state index contributed by atoms with van der Waals surface area (Å²) in [7, 11) is 0. The molecular weight excluding hydrogens is 268 g/mol. The molecule has 80 valence electrons. The highest BCUT2D eigenvalue weighted by atomic mass is 79.9. The molecule has 2 aromatic heterocycles. The molecule has 2 aromatic rings. The number of nitrogens with zero attached hydrogens (tertiary/aromatic N) is 4. The van der Waals surface area contributed by atoms with Gasteiger partial charge in [0.05, 0.1) is 6.20 Å². The molecule has 0 fully saturated rings. The SMILES string of the molecule is C#CCn1cc(CBr)c(-c2cnccn2)n1. The third kappa shape index (κ3) is 2.12. The first kappa shape index (κ1) is 10.8. The molecular formula is C11H9BrN4. The number of terminal acetylenes is 1. The second-order valence-corrected chi connectivity index (χ2v) is 3.69. The van der Waals surface area contributed by atoms with E-state index in [0.717, 1.165) is 17.0 Å². The number of hydrogen-bond donors (Lipinski definition) is 0. The van der Waals surface area contributed by atoms with E-state index in [0.29, 0.717) is 11.9 Å². The highest BCUT2D eigenvalue weighted by Gasteiger charge is 2.10. The molecule has 0 aliphatic heterocycles. The van der Waals surface area contributed by atoms with Crippen molar-refractivity contribution in [2.75, 3.05) is 0 Å². The molecule has 0 spiro atoms. The van der Waals surface area contributed by atoms with Crippen LogP contribution in [-0.2, 0) is 11.9 Å². The standard InChI is InChI=1S/C11H9BrN4/c1-2-5-16-8-9(6-12)11(15-16)10-7-13-3-4-14-10/h1,3-4,7-8H,5-6H2. The summed E-state index contributed by atoms with van der Waals surface area (Å²) >= 11 is 3.42. The maximum Gasteiger partial charge on any atom is 0.116 e. The Morgan fingerprint density at radius 2 is 2.31 bits per heavy atom. The molecule has 0 aliphatic carbocycles. The second-order valence-electron chi connectivity index (χ2n) is 3.13. The van der Waals surface area contributed by atoms with Crippen LogP contribution in [0.15, 0.2) is 24.8 Å². The Bertz CT molecular complexity index is 513. The molecule has 5 heteroatoms. The van der Waals surface area contributed by atoms with Gasteiger partial charge < -0.3 is 0 Å². The maximum absolute atomic E-state index is 5.25. The first-order valence-corrected chi connectivity index (χ1v) is 5.79. The minimum absolute atomic E-state index is 0.459. The number of hydrogen-bond acceptors (Lipinski definition) is 3. The van der Waals surface area contributed by atoms with Crippen molar-refractivity contribution in [3.05, 3.63) is 30.4 Å². The van der Waals surface area contributed by atoms with Gasteiger partial charge >= 0.3 is 0 Å². The van der Waals surface area contributed by atoms with E-state index in [4.69, 9.17) is 6.42 Å². The Kier molecular flexibility index (Phi) is 3.32. The number of halogens is 1. The summed E-state index contributed by atoms with van der Waals surface area (Å²) in [5.74, 6) is 2.55. The van der Waals surface area contributed by atoms with Crippen LogP contribution in [0.2, 0.25) is 0 Å². The van der Waals surface area contributed by atoms with Crippen molar-refractivity contribution < 1.29 is 0 Å². The molecule has 2 rings (SSSR count). The van der Waals surface area contributed by atoms with Crippen LogP contribution in [-0.4, -0.2) is 19.7 Å². The summed E-state index contributed by atoms with van der Waals surface area (Å²) in [6, 6.07) is 0. The van der Waals surface area contributed by atoms with Crippen molar-refractivity contribution in [1.29, 1.82) is 0 Å². The van der Waals surface area contributed by atoms with Crippen LogP contribution in [0.3, 0.4) is 0 Å².